The Morgan fingerprint density at radius 3 is 2.12 bits per heavy atom. The van der Waals surface area contributed by atoms with Crippen molar-refractivity contribution in [2.45, 2.75) is 13.3 Å². The van der Waals surface area contributed by atoms with E-state index in [1.165, 1.54) is 24.3 Å². The van der Waals surface area contributed by atoms with Gasteiger partial charge >= 0.3 is 11.9 Å². The van der Waals surface area contributed by atoms with Gasteiger partial charge in [0.2, 0.25) is 0 Å². The zero-order valence-corrected chi connectivity index (χ0v) is 14.9. The van der Waals surface area contributed by atoms with Gasteiger partial charge in [0.15, 0.2) is 5.75 Å². The van der Waals surface area contributed by atoms with Crippen LogP contribution in [0.3, 0.4) is 0 Å². The quantitative estimate of drug-likeness (QED) is 0.507. The summed E-state index contributed by atoms with van der Waals surface area (Å²) >= 11 is 17.8. The molecular formula is C17H13Cl3O4. The molecule has 24 heavy (non-hydrogen) atoms. The van der Waals surface area contributed by atoms with Crippen molar-refractivity contribution >= 4 is 46.7 Å². The first-order valence-corrected chi connectivity index (χ1v) is 8.19. The Bertz CT molecular complexity index is 751. The van der Waals surface area contributed by atoms with Crippen LogP contribution in [0.25, 0.3) is 0 Å². The molecule has 2 aromatic rings. The van der Waals surface area contributed by atoms with Gasteiger partial charge in [-0.25, -0.2) is 9.59 Å². The summed E-state index contributed by atoms with van der Waals surface area (Å²) in [5, 5.41) is 0.546. The van der Waals surface area contributed by atoms with Gasteiger partial charge < -0.3 is 9.47 Å². The van der Waals surface area contributed by atoms with Crippen LogP contribution < -0.4 is 4.74 Å². The van der Waals surface area contributed by atoms with Crippen LogP contribution in [0.1, 0.15) is 34.1 Å². The van der Waals surface area contributed by atoms with Crippen molar-refractivity contribution in [1.29, 1.82) is 0 Å². The van der Waals surface area contributed by atoms with E-state index in [4.69, 9.17) is 44.3 Å². The van der Waals surface area contributed by atoms with Gasteiger partial charge in [-0.1, -0.05) is 47.8 Å². The van der Waals surface area contributed by atoms with E-state index in [0.717, 1.165) is 0 Å². The molecule has 2 rings (SSSR count). The molecule has 0 N–H and O–H groups in total. The first-order chi connectivity index (χ1) is 11.4. The zero-order chi connectivity index (χ0) is 17.7. The monoisotopic (exact) mass is 386 g/mol. The summed E-state index contributed by atoms with van der Waals surface area (Å²) in [5.41, 5.74) is 0.425. The molecule has 0 unspecified atom stereocenters. The van der Waals surface area contributed by atoms with Crippen molar-refractivity contribution in [2.24, 2.45) is 0 Å². The number of rotatable bonds is 5. The lowest BCUT2D eigenvalue weighted by Gasteiger charge is -2.09. The second-order valence-electron chi connectivity index (χ2n) is 4.80. The van der Waals surface area contributed by atoms with Gasteiger partial charge in [-0.15, -0.1) is 0 Å². The van der Waals surface area contributed by atoms with Crippen molar-refractivity contribution in [3.63, 3.8) is 0 Å². The predicted molar refractivity (Wildman–Crippen MR) is 93.4 cm³/mol. The molecule has 0 aromatic heterocycles. The molecular weight excluding hydrogens is 375 g/mol. The number of esters is 2. The van der Waals surface area contributed by atoms with Gasteiger partial charge in [-0.2, -0.15) is 0 Å². The molecule has 0 heterocycles. The highest BCUT2D eigenvalue weighted by molar-refractivity contribution is 6.40. The minimum Gasteiger partial charge on any atom is -0.462 e. The van der Waals surface area contributed by atoms with Crippen LogP contribution in [-0.4, -0.2) is 18.5 Å². The van der Waals surface area contributed by atoms with Crippen molar-refractivity contribution in [2.75, 3.05) is 6.61 Å². The summed E-state index contributed by atoms with van der Waals surface area (Å²) in [7, 11) is 0. The number of hydrogen-bond acceptors (Lipinski definition) is 4. The molecule has 0 atom stereocenters. The van der Waals surface area contributed by atoms with Gasteiger partial charge in [-0.05, 0) is 36.8 Å². The van der Waals surface area contributed by atoms with Crippen LogP contribution in [0.2, 0.25) is 15.1 Å². The average Bonchev–Trinajstić information content (AvgIpc) is 2.55. The van der Waals surface area contributed by atoms with Crippen molar-refractivity contribution in [3.8, 4) is 5.75 Å². The lowest BCUT2D eigenvalue weighted by Crippen LogP contribution is -2.11. The maximum absolute atomic E-state index is 12.3. The zero-order valence-electron chi connectivity index (χ0n) is 12.6. The molecule has 0 amide bonds. The number of benzene rings is 2. The van der Waals surface area contributed by atoms with E-state index < -0.39 is 11.9 Å². The van der Waals surface area contributed by atoms with Gasteiger partial charge in [0.25, 0.3) is 0 Å². The second kappa shape index (κ2) is 8.38. The number of carbonyl (C=O) groups excluding carboxylic acids is 2. The fraction of sp³-hybridized carbons (Fsp3) is 0.176. The summed E-state index contributed by atoms with van der Waals surface area (Å²) in [6.45, 7) is 2.20. The smallest absolute Gasteiger partial charge is 0.343 e. The predicted octanol–water partition coefficient (Wildman–Crippen LogP) is 5.43. The van der Waals surface area contributed by atoms with E-state index in [1.54, 1.807) is 12.1 Å². The summed E-state index contributed by atoms with van der Waals surface area (Å²) in [5.74, 6) is -1.20. The minimum absolute atomic E-state index is 0.00620. The molecule has 0 aliphatic rings. The number of ether oxygens (including phenoxy) is 2. The standard InChI is InChI=1S/C17H13Cl3O4/c1-2-6-23-16(21)10-4-3-5-11(7-10)17(22)24-15-13(19)8-12(18)9-14(15)20/h3-5,7-9H,2,6H2,1H3. The Hall–Kier alpha value is -1.75. The maximum atomic E-state index is 12.3. The first-order valence-electron chi connectivity index (χ1n) is 7.06. The summed E-state index contributed by atoms with van der Waals surface area (Å²) in [4.78, 5) is 24.1. The highest BCUT2D eigenvalue weighted by atomic mass is 35.5. The molecule has 4 nitrogen and oxygen atoms in total. The van der Waals surface area contributed by atoms with Crippen LogP contribution >= 0.6 is 34.8 Å². The fourth-order valence-corrected chi connectivity index (χ4v) is 2.72. The lowest BCUT2D eigenvalue weighted by atomic mass is 10.1. The Morgan fingerprint density at radius 2 is 1.54 bits per heavy atom. The summed E-state index contributed by atoms with van der Waals surface area (Å²) < 4.78 is 10.3. The van der Waals surface area contributed by atoms with Gasteiger partial charge in [0.05, 0.1) is 27.8 Å². The van der Waals surface area contributed by atoms with Crippen molar-refractivity contribution in [1.82, 2.24) is 0 Å². The Balaban J connectivity index is 2.20. The van der Waals surface area contributed by atoms with E-state index in [0.29, 0.717) is 18.1 Å². The topological polar surface area (TPSA) is 52.6 Å². The van der Waals surface area contributed by atoms with Crippen LogP contribution in [0.5, 0.6) is 5.75 Å². The summed E-state index contributed by atoms with van der Waals surface area (Å²) in [6.07, 6.45) is 0.709. The van der Waals surface area contributed by atoms with E-state index in [9.17, 15) is 9.59 Å². The van der Waals surface area contributed by atoms with E-state index in [-0.39, 0.29) is 26.9 Å². The molecule has 0 saturated heterocycles. The fourth-order valence-electron chi connectivity index (χ4n) is 1.83. The highest BCUT2D eigenvalue weighted by Gasteiger charge is 2.17. The highest BCUT2D eigenvalue weighted by Crippen LogP contribution is 2.36. The van der Waals surface area contributed by atoms with Gasteiger partial charge in [0.1, 0.15) is 0 Å². The molecule has 126 valence electrons. The molecule has 0 aliphatic carbocycles. The number of hydrogen-bond donors (Lipinski definition) is 0. The number of carbonyl (C=O) groups is 2. The van der Waals surface area contributed by atoms with Gasteiger partial charge in [-0.3, -0.25) is 0 Å². The van der Waals surface area contributed by atoms with Crippen LogP contribution in [0, 0.1) is 0 Å². The Labute approximate surface area is 154 Å². The third-order valence-electron chi connectivity index (χ3n) is 2.93. The lowest BCUT2D eigenvalue weighted by molar-refractivity contribution is 0.0505. The third kappa shape index (κ3) is 4.63. The van der Waals surface area contributed by atoms with E-state index in [2.05, 4.69) is 0 Å². The molecule has 0 saturated carbocycles. The molecule has 0 fully saturated rings. The van der Waals surface area contributed by atoms with E-state index in [1.807, 2.05) is 6.92 Å². The maximum Gasteiger partial charge on any atom is 0.343 e. The first kappa shape index (κ1) is 18.6. The van der Waals surface area contributed by atoms with Gasteiger partial charge in [0, 0.05) is 5.02 Å². The molecule has 0 spiro atoms. The minimum atomic E-state index is -0.703. The van der Waals surface area contributed by atoms with Crippen LogP contribution in [-0.2, 0) is 4.74 Å². The van der Waals surface area contributed by atoms with Crippen molar-refractivity contribution in [3.05, 3.63) is 62.6 Å². The molecule has 0 bridgehead atoms. The third-order valence-corrected chi connectivity index (χ3v) is 3.71. The van der Waals surface area contributed by atoms with Crippen LogP contribution in [0.4, 0.5) is 0 Å². The molecule has 2 aromatic carbocycles. The summed E-state index contributed by atoms with van der Waals surface area (Å²) in [6, 6.07) is 8.84. The average molecular weight is 388 g/mol. The molecule has 0 aliphatic heterocycles. The molecule has 7 heteroatoms. The Kier molecular flexibility index (Phi) is 6.49. The van der Waals surface area contributed by atoms with E-state index >= 15 is 0 Å². The molecule has 0 radical (unpaired) electrons. The normalized spacial score (nSPS) is 10.3. The Morgan fingerprint density at radius 1 is 0.958 bits per heavy atom. The van der Waals surface area contributed by atoms with Crippen molar-refractivity contribution < 1.29 is 19.1 Å². The number of halogens is 3. The second-order valence-corrected chi connectivity index (χ2v) is 6.06. The largest absolute Gasteiger partial charge is 0.462 e. The van der Waals surface area contributed by atoms with Crippen LogP contribution in [0.15, 0.2) is 36.4 Å². The SMILES string of the molecule is CCCOC(=O)c1cccc(C(=O)Oc2c(Cl)cc(Cl)cc2Cl)c1.